The van der Waals surface area contributed by atoms with Gasteiger partial charge in [-0.15, -0.1) is 0 Å². The highest BCUT2D eigenvalue weighted by Gasteiger charge is 2.18. The average Bonchev–Trinajstić information content (AvgIpc) is 2.81. The van der Waals surface area contributed by atoms with E-state index in [4.69, 9.17) is 21.6 Å². The highest BCUT2D eigenvalue weighted by molar-refractivity contribution is 6.30. The van der Waals surface area contributed by atoms with Gasteiger partial charge in [-0.3, -0.25) is 4.68 Å². The molecule has 0 spiro atoms. The fraction of sp³-hybridized carbons (Fsp3) is 0.375. The minimum Gasteiger partial charge on any atom is -0.494 e. The number of aryl methyl sites for hydroxylation is 1. The molecule has 0 unspecified atom stereocenters. The van der Waals surface area contributed by atoms with Crippen LogP contribution in [0.15, 0.2) is 30.3 Å². The summed E-state index contributed by atoms with van der Waals surface area (Å²) in [5, 5.41) is 14.0. The lowest BCUT2D eigenvalue weighted by Crippen LogP contribution is -2.06. The number of rotatable bonds is 6. The molecule has 0 radical (unpaired) electrons. The van der Waals surface area contributed by atoms with Crippen LogP contribution < -0.4 is 4.74 Å². The Labute approximate surface area is 129 Å². The number of benzene rings is 1. The van der Waals surface area contributed by atoms with Crippen molar-refractivity contribution >= 4 is 11.6 Å². The molecule has 0 saturated carbocycles. The van der Waals surface area contributed by atoms with Gasteiger partial charge in [0.2, 0.25) is 0 Å². The zero-order chi connectivity index (χ0) is 15.2. The van der Waals surface area contributed by atoms with E-state index in [1.165, 1.54) is 0 Å². The molecule has 21 heavy (non-hydrogen) atoms. The maximum Gasteiger partial charge on any atom is 0.145 e. The standard InChI is InChI=1S/C16H18ClN3O/c1-12(2)15-14(11-18)16(17)20(19-15)9-6-10-21-13-7-4-3-5-8-13/h3-5,7-8,12H,6,9-10H2,1-2H3. The smallest absolute Gasteiger partial charge is 0.145 e. The molecule has 1 aromatic heterocycles. The van der Waals surface area contributed by atoms with Crippen molar-refractivity contribution in [3.05, 3.63) is 46.7 Å². The molecule has 0 atom stereocenters. The normalized spacial score (nSPS) is 10.6. The minimum atomic E-state index is 0.180. The second-order valence-electron chi connectivity index (χ2n) is 5.06. The van der Waals surface area contributed by atoms with Gasteiger partial charge < -0.3 is 4.74 Å². The van der Waals surface area contributed by atoms with Crippen LogP contribution in [0.1, 0.15) is 37.4 Å². The van der Waals surface area contributed by atoms with E-state index >= 15 is 0 Å². The van der Waals surface area contributed by atoms with Gasteiger partial charge in [-0.1, -0.05) is 43.6 Å². The fourth-order valence-corrected chi connectivity index (χ4v) is 2.30. The van der Waals surface area contributed by atoms with Crippen LogP contribution in [0.2, 0.25) is 5.15 Å². The summed E-state index contributed by atoms with van der Waals surface area (Å²) in [5.74, 6) is 1.03. The van der Waals surface area contributed by atoms with Crippen LogP contribution >= 0.6 is 11.6 Å². The van der Waals surface area contributed by atoms with Crippen molar-refractivity contribution in [1.29, 1.82) is 5.26 Å². The Balaban J connectivity index is 1.93. The maximum atomic E-state index is 9.17. The third-order valence-corrected chi connectivity index (χ3v) is 3.49. The summed E-state index contributed by atoms with van der Waals surface area (Å²) >= 11 is 6.21. The van der Waals surface area contributed by atoms with Gasteiger partial charge in [-0.05, 0) is 18.1 Å². The van der Waals surface area contributed by atoms with Gasteiger partial charge >= 0.3 is 0 Å². The van der Waals surface area contributed by atoms with E-state index < -0.39 is 0 Å². The molecule has 0 bridgehead atoms. The quantitative estimate of drug-likeness (QED) is 0.758. The van der Waals surface area contributed by atoms with Crippen molar-refractivity contribution in [1.82, 2.24) is 9.78 Å². The van der Waals surface area contributed by atoms with Crippen molar-refractivity contribution in [2.24, 2.45) is 0 Å². The molecule has 0 fully saturated rings. The molecule has 0 saturated heterocycles. The SMILES string of the molecule is CC(C)c1nn(CCCOc2ccccc2)c(Cl)c1C#N. The summed E-state index contributed by atoms with van der Waals surface area (Å²) in [4.78, 5) is 0. The van der Waals surface area contributed by atoms with Gasteiger partial charge in [0.25, 0.3) is 0 Å². The monoisotopic (exact) mass is 303 g/mol. The first-order valence-corrected chi connectivity index (χ1v) is 7.35. The van der Waals surface area contributed by atoms with Crippen molar-refractivity contribution in [2.75, 3.05) is 6.61 Å². The van der Waals surface area contributed by atoms with Gasteiger partial charge in [0.15, 0.2) is 0 Å². The number of hydrogen-bond acceptors (Lipinski definition) is 3. The summed E-state index contributed by atoms with van der Waals surface area (Å²) < 4.78 is 7.31. The maximum absolute atomic E-state index is 9.17. The number of aromatic nitrogens is 2. The highest BCUT2D eigenvalue weighted by Crippen LogP contribution is 2.25. The first-order valence-electron chi connectivity index (χ1n) is 6.97. The van der Waals surface area contributed by atoms with Crippen molar-refractivity contribution in [3.63, 3.8) is 0 Å². The number of nitrogens with zero attached hydrogens (tertiary/aromatic N) is 3. The van der Waals surface area contributed by atoms with Gasteiger partial charge in [0.05, 0.1) is 12.3 Å². The van der Waals surface area contributed by atoms with Crippen LogP contribution in [0.4, 0.5) is 0 Å². The van der Waals surface area contributed by atoms with E-state index in [1.807, 2.05) is 44.2 Å². The summed E-state index contributed by atoms with van der Waals surface area (Å²) in [5.41, 5.74) is 1.24. The molecule has 0 N–H and O–H groups in total. The molecule has 110 valence electrons. The lowest BCUT2D eigenvalue weighted by molar-refractivity contribution is 0.298. The molecule has 0 aliphatic carbocycles. The molecule has 1 aromatic carbocycles. The van der Waals surface area contributed by atoms with E-state index in [1.54, 1.807) is 4.68 Å². The van der Waals surface area contributed by atoms with Crippen molar-refractivity contribution in [3.8, 4) is 11.8 Å². The van der Waals surface area contributed by atoms with Crippen LogP contribution in [0, 0.1) is 11.3 Å². The molecule has 4 nitrogen and oxygen atoms in total. The molecular weight excluding hydrogens is 286 g/mol. The number of nitriles is 1. The molecule has 2 rings (SSSR count). The van der Waals surface area contributed by atoms with Crippen molar-refractivity contribution < 1.29 is 4.74 Å². The molecule has 2 aromatic rings. The number of halogens is 1. The van der Waals surface area contributed by atoms with E-state index in [0.717, 1.165) is 17.9 Å². The Bertz CT molecular complexity index is 629. The number of para-hydroxylation sites is 1. The molecule has 0 aliphatic heterocycles. The first kappa shape index (κ1) is 15.4. The van der Waals surface area contributed by atoms with Crippen LogP contribution in [0.3, 0.4) is 0 Å². The van der Waals surface area contributed by atoms with E-state index in [2.05, 4.69) is 11.2 Å². The predicted molar refractivity (Wildman–Crippen MR) is 82.6 cm³/mol. The van der Waals surface area contributed by atoms with Gasteiger partial charge in [0.1, 0.15) is 22.5 Å². The van der Waals surface area contributed by atoms with Gasteiger partial charge in [0, 0.05) is 13.0 Å². The Kier molecular flexibility index (Phi) is 5.24. The van der Waals surface area contributed by atoms with Gasteiger partial charge in [-0.25, -0.2) is 0 Å². The molecule has 0 aliphatic rings. The second-order valence-corrected chi connectivity index (χ2v) is 5.41. The van der Waals surface area contributed by atoms with Crippen LogP contribution in [0.5, 0.6) is 5.75 Å². The Hall–Kier alpha value is -1.99. The van der Waals surface area contributed by atoms with Crippen molar-refractivity contribution in [2.45, 2.75) is 32.7 Å². The Morgan fingerprint density at radius 2 is 2.05 bits per heavy atom. The predicted octanol–water partition coefficient (Wildman–Crippen LogP) is 4.00. The topological polar surface area (TPSA) is 50.8 Å². The van der Waals surface area contributed by atoms with Gasteiger partial charge in [-0.2, -0.15) is 10.4 Å². The number of ether oxygens (including phenoxy) is 1. The molecular formula is C16H18ClN3O. The lowest BCUT2D eigenvalue weighted by atomic mass is 10.1. The van der Waals surface area contributed by atoms with E-state index in [9.17, 15) is 0 Å². The number of hydrogen-bond donors (Lipinski definition) is 0. The highest BCUT2D eigenvalue weighted by atomic mass is 35.5. The Morgan fingerprint density at radius 1 is 1.33 bits per heavy atom. The summed E-state index contributed by atoms with van der Waals surface area (Å²) in [6.45, 7) is 5.22. The lowest BCUT2D eigenvalue weighted by Gasteiger charge is -2.06. The van der Waals surface area contributed by atoms with Crippen LogP contribution in [-0.2, 0) is 6.54 Å². The third kappa shape index (κ3) is 3.77. The third-order valence-electron chi connectivity index (χ3n) is 3.10. The van der Waals surface area contributed by atoms with Crippen LogP contribution in [-0.4, -0.2) is 16.4 Å². The molecule has 0 amide bonds. The zero-order valence-corrected chi connectivity index (χ0v) is 13.0. The van der Waals surface area contributed by atoms with E-state index in [-0.39, 0.29) is 5.92 Å². The van der Waals surface area contributed by atoms with E-state index in [0.29, 0.717) is 23.9 Å². The summed E-state index contributed by atoms with van der Waals surface area (Å²) in [7, 11) is 0. The van der Waals surface area contributed by atoms with Crippen LogP contribution in [0.25, 0.3) is 0 Å². The summed E-state index contributed by atoms with van der Waals surface area (Å²) in [6, 6.07) is 11.8. The molecule has 1 heterocycles. The average molecular weight is 304 g/mol. The first-order chi connectivity index (χ1) is 10.1. The second kappa shape index (κ2) is 7.14. The Morgan fingerprint density at radius 3 is 2.62 bits per heavy atom. The zero-order valence-electron chi connectivity index (χ0n) is 12.2. The minimum absolute atomic E-state index is 0.180. The molecule has 5 heteroatoms. The largest absolute Gasteiger partial charge is 0.494 e. The fourth-order valence-electron chi connectivity index (χ4n) is 2.04. The summed E-state index contributed by atoms with van der Waals surface area (Å²) in [6.07, 6.45) is 0.776.